The monoisotopic (exact) mass is 705 g/mol. The molecule has 4 aromatic rings. The second kappa shape index (κ2) is 15.2. The Labute approximate surface area is 292 Å². The number of alkyl halides is 3. The molecule has 2 amide bonds. The lowest BCUT2D eigenvalue weighted by Crippen LogP contribution is -2.37. The van der Waals surface area contributed by atoms with Crippen molar-refractivity contribution < 1.29 is 41.8 Å². The highest BCUT2D eigenvalue weighted by Crippen LogP contribution is 2.34. The molecule has 1 aliphatic carbocycles. The van der Waals surface area contributed by atoms with E-state index in [4.69, 9.17) is 4.74 Å². The number of nitrogens with zero attached hydrogens (tertiary/aromatic N) is 3. The summed E-state index contributed by atoms with van der Waals surface area (Å²) in [5.41, 5.74) is 1.80. The minimum atomic E-state index is -4.87. The quantitative estimate of drug-likeness (QED) is 0.133. The number of hydrogen-bond donors (Lipinski definition) is 2. The minimum absolute atomic E-state index is 0.0437. The van der Waals surface area contributed by atoms with Gasteiger partial charge in [0.05, 0.1) is 23.9 Å². The molecule has 1 saturated carbocycles. The predicted molar refractivity (Wildman–Crippen MR) is 180 cm³/mol. The van der Waals surface area contributed by atoms with Crippen molar-refractivity contribution in [2.24, 2.45) is 11.8 Å². The van der Waals surface area contributed by atoms with Crippen molar-refractivity contribution in [3.8, 4) is 11.4 Å². The lowest BCUT2D eigenvalue weighted by Gasteiger charge is -2.24. The van der Waals surface area contributed by atoms with Gasteiger partial charge in [-0.25, -0.2) is 0 Å². The van der Waals surface area contributed by atoms with Crippen LogP contribution >= 0.6 is 0 Å². The summed E-state index contributed by atoms with van der Waals surface area (Å²) in [5.74, 6) is -2.80. The molecule has 0 saturated heterocycles. The molecule has 0 spiro atoms. The normalized spacial score (nSPS) is 16.0. The first kappa shape index (κ1) is 36.7. The Balaban J connectivity index is 1.26. The summed E-state index contributed by atoms with van der Waals surface area (Å²) in [6, 6.07) is 18.3. The van der Waals surface area contributed by atoms with E-state index >= 15 is 0 Å². The lowest BCUT2D eigenvalue weighted by atomic mass is 9.95. The van der Waals surface area contributed by atoms with Crippen molar-refractivity contribution >= 4 is 29.5 Å². The van der Waals surface area contributed by atoms with E-state index in [1.54, 1.807) is 76.2 Å². The van der Waals surface area contributed by atoms with Crippen molar-refractivity contribution in [1.29, 1.82) is 0 Å². The average molecular weight is 706 g/mol. The summed E-state index contributed by atoms with van der Waals surface area (Å²) in [5, 5.41) is 9.97. The van der Waals surface area contributed by atoms with Gasteiger partial charge in [0, 0.05) is 17.7 Å². The van der Waals surface area contributed by atoms with E-state index < -0.39 is 35.5 Å². The summed E-state index contributed by atoms with van der Waals surface area (Å²) in [7, 11) is 0. The maximum absolute atomic E-state index is 13.3. The Hall–Kier alpha value is -5.53. The fourth-order valence-electron chi connectivity index (χ4n) is 5.78. The molecule has 3 aromatic carbocycles. The number of carbonyl (C=O) groups is 4. The number of rotatable bonds is 11. The Morgan fingerprint density at radius 3 is 2.22 bits per heavy atom. The SMILES string of the molecule is Cc1ccccc1C(=O)Nc1nc(CC(=O)c2ccc(CNC(=O)[C@@H]3CCCC3C(=O)OC(C)(C)C)cc2)nn1-c1ccc(OC(F)(F)F)cc1. The van der Waals surface area contributed by atoms with Crippen LogP contribution in [0.5, 0.6) is 5.75 Å². The summed E-state index contributed by atoms with van der Waals surface area (Å²) in [6.45, 7) is 7.34. The van der Waals surface area contributed by atoms with Crippen LogP contribution in [-0.4, -0.2) is 50.3 Å². The van der Waals surface area contributed by atoms with Crippen LogP contribution < -0.4 is 15.4 Å². The van der Waals surface area contributed by atoms with E-state index in [2.05, 4.69) is 25.5 Å². The standard InChI is InChI=1S/C37H38F3N5O6/c1-22-8-5-6-9-27(22)33(48)43-35-42-31(44-45(35)25-16-18-26(19-17-25)50-37(38,39)40)20-30(46)24-14-12-23(13-15-24)21-41-32(47)28-10-7-11-29(28)34(49)51-36(2,3)4/h5-6,8-9,12-19,28-29H,7,10-11,20-21H2,1-4H3,(H,41,47)(H,42,43,44,48)/t28-,29?/m1/s1. The molecule has 1 aliphatic rings. The van der Waals surface area contributed by atoms with Crippen LogP contribution in [0.25, 0.3) is 5.69 Å². The van der Waals surface area contributed by atoms with Crippen LogP contribution in [0.3, 0.4) is 0 Å². The number of nitrogens with one attached hydrogen (secondary N) is 2. The van der Waals surface area contributed by atoms with E-state index in [1.165, 1.54) is 16.8 Å². The zero-order valence-corrected chi connectivity index (χ0v) is 28.5. The number of aryl methyl sites for hydroxylation is 1. The molecule has 268 valence electrons. The van der Waals surface area contributed by atoms with Crippen molar-refractivity contribution in [3.63, 3.8) is 0 Å². The first-order chi connectivity index (χ1) is 24.1. The molecule has 2 atom stereocenters. The van der Waals surface area contributed by atoms with Crippen LogP contribution in [0, 0.1) is 18.8 Å². The summed E-state index contributed by atoms with van der Waals surface area (Å²) in [6.07, 6.45) is -3.17. The van der Waals surface area contributed by atoms with Crippen LogP contribution in [0.2, 0.25) is 0 Å². The number of anilines is 1. The van der Waals surface area contributed by atoms with Gasteiger partial charge in [0.1, 0.15) is 11.4 Å². The molecule has 1 unspecified atom stereocenters. The third-order valence-electron chi connectivity index (χ3n) is 8.20. The van der Waals surface area contributed by atoms with Gasteiger partial charge in [-0.15, -0.1) is 18.3 Å². The fourth-order valence-corrected chi connectivity index (χ4v) is 5.78. The van der Waals surface area contributed by atoms with Gasteiger partial charge < -0.3 is 14.8 Å². The number of esters is 1. The molecule has 0 bridgehead atoms. The molecular weight excluding hydrogens is 667 g/mol. The molecule has 1 fully saturated rings. The van der Waals surface area contributed by atoms with Gasteiger partial charge in [0.2, 0.25) is 11.9 Å². The highest BCUT2D eigenvalue weighted by molar-refractivity contribution is 6.04. The number of hydrogen-bond acceptors (Lipinski definition) is 8. The van der Waals surface area contributed by atoms with E-state index in [9.17, 15) is 32.3 Å². The molecule has 2 N–H and O–H groups in total. The Morgan fingerprint density at radius 1 is 0.902 bits per heavy atom. The van der Waals surface area contributed by atoms with E-state index in [-0.39, 0.29) is 48.1 Å². The number of aromatic nitrogens is 3. The third-order valence-corrected chi connectivity index (χ3v) is 8.20. The zero-order valence-electron chi connectivity index (χ0n) is 28.5. The molecular formula is C37H38F3N5O6. The van der Waals surface area contributed by atoms with E-state index in [1.807, 2.05) is 0 Å². The second-order valence-corrected chi connectivity index (χ2v) is 13.3. The van der Waals surface area contributed by atoms with Crippen molar-refractivity contribution in [2.45, 2.75) is 71.9 Å². The van der Waals surface area contributed by atoms with E-state index in [0.717, 1.165) is 24.1 Å². The lowest BCUT2D eigenvalue weighted by molar-refractivity contribution is -0.274. The van der Waals surface area contributed by atoms with E-state index in [0.29, 0.717) is 29.5 Å². The summed E-state index contributed by atoms with van der Waals surface area (Å²) in [4.78, 5) is 56.4. The number of benzene rings is 3. The van der Waals surface area contributed by atoms with Crippen LogP contribution in [-0.2, 0) is 27.3 Å². The number of ether oxygens (including phenoxy) is 2. The predicted octanol–water partition coefficient (Wildman–Crippen LogP) is 6.53. The first-order valence-electron chi connectivity index (χ1n) is 16.4. The van der Waals surface area contributed by atoms with Gasteiger partial charge in [-0.05, 0) is 82.0 Å². The van der Waals surface area contributed by atoms with Gasteiger partial charge in [0.15, 0.2) is 11.6 Å². The second-order valence-electron chi connectivity index (χ2n) is 13.3. The van der Waals surface area contributed by atoms with Gasteiger partial charge in [-0.2, -0.15) is 9.67 Å². The van der Waals surface area contributed by atoms with Gasteiger partial charge >= 0.3 is 12.3 Å². The maximum Gasteiger partial charge on any atom is 0.573 e. The minimum Gasteiger partial charge on any atom is -0.460 e. The maximum atomic E-state index is 13.3. The molecule has 14 heteroatoms. The summed E-state index contributed by atoms with van der Waals surface area (Å²) < 4.78 is 48.8. The smallest absolute Gasteiger partial charge is 0.460 e. The molecule has 0 radical (unpaired) electrons. The third kappa shape index (κ3) is 9.80. The fraction of sp³-hybridized carbons (Fsp3) is 0.351. The molecule has 5 rings (SSSR count). The van der Waals surface area contributed by atoms with Crippen molar-refractivity contribution in [3.05, 3.63) is 101 Å². The van der Waals surface area contributed by atoms with Crippen molar-refractivity contribution in [2.75, 3.05) is 5.32 Å². The average Bonchev–Trinajstić information content (AvgIpc) is 3.71. The highest BCUT2D eigenvalue weighted by atomic mass is 19.4. The van der Waals surface area contributed by atoms with Gasteiger partial charge in [-0.3, -0.25) is 24.5 Å². The number of Topliss-reactive ketones (excluding diaryl/α,β-unsaturated/α-hetero) is 1. The Bertz CT molecular complexity index is 1900. The number of halogens is 3. The largest absolute Gasteiger partial charge is 0.573 e. The van der Waals surface area contributed by atoms with Crippen molar-refractivity contribution in [1.82, 2.24) is 20.1 Å². The van der Waals surface area contributed by atoms with Crippen LogP contribution in [0.1, 0.15) is 77.7 Å². The molecule has 11 nitrogen and oxygen atoms in total. The first-order valence-corrected chi connectivity index (χ1v) is 16.4. The van der Waals surface area contributed by atoms with Crippen LogP contribution in [0.4, 0.5) is 19.1 Å². The molecule has 0 aliphatic heterocycles. The number of carbonyl (C=O) groups excluding carboxylic acids is 4. The molecule has 1 aromatic heterocycles. The van der Waals surface area contributed by atoms with Crippen LogP contribution in [0.15, 0.2) is 72.8 Å². The van der Waals surface area contributed by atoms with Gasteiger partial charge in [0.25, 0.3) is 5.91 Å². The Morgan fingerprint density at radius 2 is 1.57 bits per heavy atom. The highest BCUT2D eigenvalue weighted by Gasteiger charge is 2.40. The zero-order chi connectivity index (χ0) is 36.9. The topological polar surface area (TPSA) is 142 Å². The number of ketones is 1. The Kier molecular flexibility index (Phi) is 10.9. The van der Waals surface area contributed by atoms with Gasteiger partial charge in [-0.1, -0.05) is 48.9 Å². The number of amides is 2. The molecule has 1 heterocycles. The summed E-state index contributed by atoms with van der Waals surface area (Å²) >= 11 is 0. The molecule has 51 heavy (non-hydrogen) atoms.